The minimum Gasteiger partial charge on any atom is -0.480 e. The Morgan fingerprint density at radius 2 is 2.15 bits per heavy atom. The molecule has 1 heterocycles. The summed E-state index contributed by atoms with van der Waals surface area (Å²) in [5, 5.41) is 8.85. The molecule has 6 nitrogen and oxygen atoms in total. The molecule has 20 heavy (non-hydrogen) atoms. The highest BCUT2D eigenvalue weighted by atomic mass is 16.5. The summed E-state index contributed by atoms with van der Waals surface area (Å²) >= 11 is 0. The van der Waals surface area contributed by atoms with Gasteiger partial charge in [0, 0.05) is 26.4 Å². The van der Waals surface area contributed by atoms with E-state index < -0.39 is 5.97 Å². The normalized spacial score (nSPS) is 10.8. The lowest BCUT2D eigenvalue weighted by Crippen LogP contribution is -2.38. The Morgan fingerprint density at radius 1 is 1.45 bits per heavy atom. The van der Waals surface area contributed by atoms with Gasteiger partial charge in [-0.25, -0.2) is 0 Å². The van der Waals surface area contributed by atoms with Crippen LogP contribution in [0.3, 0.4) is 0 Å². The minimum absolute atomic E-state index is 0.165. The SMILES string of the molecule is COCCN(CC(C)C)C(=O)c1cccn1CC(=O)O. The number of hydrogen-bond acceptors (Lipinski definition) is 3. The van der Waals surface area contributed by atoms with Crippen molar-refractivity contribution in [1.82, 2.24) is 9.47 Å². The first-order valence-corrected chi connectivity index (χ1v) is 6.60. The van der Waals surface area contributed by atoms with Gasteiger partial charge in [-0.1, -0.05) is 13.8 Å². The number of aliphatic carboxylic acids is 1. The van der Waals surface area contributed by atoms with Crippen LogP contribution >= 0.6 is 0 Å². The third-order valence-electron chi connectivity index (χ3n) is 2.79. The maximum absolute atomic E-state index is 12.5. The van der Waals surface area contributed by atoms with Crippen molar-refractivity contribution in [3.63, 3.8) is 0 Å². The van der Waals surface area contributed by atoms with Gasteiger partial charge < -0.3 is 19.3 Å². The standard InChI is InChI=1S/C14H22N2O4/c1-11(2)9-16(7-8-20-3)14(19)12-5-4-6-15(12)10-13(17)18/h4-6,11H,7-10H2,1-3H3,(H,17,18). The Morgan fingerprint density at radius 3 is 2.70 bits per heavy atom. The number of rotatable bonds is 8. The van der Waals surface area contributed by atoms with Crippen molar-refractivity contribution < 1.29 is 19.4 Å². The van der Waals surface area contributed by atoms with Gasteiger partial charge in [-0.3, -0.25) is 9.59 Å². The Labute approximate surface area is 118 Å². The number of carboxylic acids is 1. The molecule has 1 amide bonds. The number of ether oxygens (including phenoxy) is 1. The zero-order chi connectivity index (χ0) is 15.1. The zero-order valence-corrected chi connectivity index (χ0v) is 12.2. The van der Waals surface area contributed by atoms with Gasteiger partial charge >= 0.3 is 5.97 Å². The molecule has 0 aromatic carbocycles. The highest BCUT2D eigenvalue weighted by molar-refractivity contribution is 5.93. The molecule has 0 unspecified atom stereocenters. The molecule has 0 saturated heterocycles. The van der Waals surface area contributed by atoms with Crippen LogP contribution in [-0.4, -0.2) is 53.3 Å². The Bertz CT molecular complexity index is 454. The lowest BCUT2D eigenvalue weighted by molar-refractivity contribution is -0.137. The van der Waals surface area contributed by atoms with E-state index in [0.29, 0.717) is 31.3 Å². The van der Waals surface area contributed by atoms with Crippen molar-refractivity contribution in [2.75, 3.05) is 26.8 Å². The van der Waals surface area contributed by atoms with E-state index in [-0.39, 0.29) is 12.5 Å². The van der Waals surface area contributed by atoms with Crippen molar-refractivity contribution in [3.8, 4) is 0 Å². The van der Waals surface area contributed by atoms with Gasteiger partial charge in [0.15, 0.2) is 0 Å². The first-order chi connectivity index (χ1) is 9.45. The fraction of sp³-hybridized carbons (Fsp3) is 0.571. The molecule has 0 aliphatic heterocycles. The molecule has 0 saturated carbocycles. The number of aromatic nitrogens is 1. The molecular weight excluding hydrogens is 260 g/mol. The second kappa shape index (κ2) is 7.69. The van der Waals surface area contributed by atoms with Gasteiger partial charge in [-0.2, -0.15) is 0 Å². The second-order valence-corrected chi connectivity index (χ2v) is 5.05. The molecule has 1 aromatic heterocycles. The lowest BCUT2D eigenvalue weighted by Gasteiger charge is -2.24. The maximum Gasteiger partial charge on any atom is 0.323 e. The quantitative estimate of drug-likeness (QED) is 0.780. The van der Waals surface area contributed by atoms with Gasteiger partial charge in [0.2, 0.25) is 0 Å². The van der Waals surface area contributed by atoms with E-state index >= 15 is 0 Å². The van der Waals surface area contributed by atoms with Crippen molar-refractivity contribution >= 4 is 11.9 Å². The molecule has 0 spiro atoms. The fourth-order valence-corrected chi connectivity index (χ4v) is 1.97. The number of amides is 1. The third kappa shape index (κ3) is 4.70. The molecule has 0 aliphatic carbocycles. The van der Waals surface area contributed by atoms with Crippen LogP contribution in [0.15, 0.2) is 18.3 Å². The van der Waals surface area contributed by atoms with Gasteiger partial charge in [-0.05, 0) is 18.1 Å². The van der Waals surface area contributed by atoms with Crippen LogP contribution in [0.1, 0.15) is 24.3 Å². The summed E-state index contributed by atoms with van der Waals surface area (Å²) in [6.07, 6.45) is 1.60. The summed E-state index contributed by atoms with van der Waals surface area (Å²) in [5.74, 6) is -0.803. The molecule has 0 bridgehead atoms. The van der Waals surface area contributed by atoms with Crippen LogP contribution in [0, 0.1) is 5.92 Å². The van der Waals surface area contributed by atoms with Crippen LogP contribution in [-0.2, 0) is 16.1 Å². The van der Waals surface area contributed by atoms with Gasteiger partial charge in [-0.15, -0.1) is 0 Å². The van der Waals surface area contributed by atoms with Gasteiger partial charge in [0.1, 0.15) is 12.2 Å². The highest BCUT2D eigenvalue weighted by Gasteiger charge is 2.20. The number of hydrogen-bond donors (Lipinski definition) is 1. The summed E-state index contributed by atoms with van der Waals surface area (Å²) in [7, 11) is 1.59. The molecule has 6 heteroatoms. The summed E-state index contributed by atoms with van der Waals surface area (Å²) in [4.78, 5) is 25.0. The number of nitrogens with zero attached hydrogens (tertiary/aromatic N) is 2. The van der Waals surface area contributed by atoms with Crippen LogP contribution in [0.25, 0.3) is 0 Å². The van der Waals surface area contributed by atoms with Crippen LogP contribution in [0.2, 0.25) is 0 Å². The number of carboxylic acid groups (broad SMARTS) is 1. The number of carbonyl (C=O) groups excluding carboxylic acids is 1. The molecular formula is C14H22N2O4. The molecule has 112 valence electrons. The predicted molar refractivity (Wildman–Crippen MR) is 74.7 cm³/mol. The maximum atomic E-state index is 12.5. The summed E-state index contributed by atoms with van der Waals surface area (Å²) < 4.78 is 6.47. The first-order valence-electron chi connectivity index (χ1n) is 6.60. The number of methoxy groups -OCH3 is 1. The average Bonchev–Trinajstić information content (AvgIpc) is 2.80. The van der Waals surface area contributed by atoms with E-state index in [9.17, 15) is 9.59 Å². The Hall–Kier alpha value is -1.82. The van der Waals surface area contributed by atoms with Crippen LogP contribution in [0.5, 0.6) is 0 Å². The topological polar surface area (TPSA) is 71.8 Å². The Kier molecular flexibility index (Phi) is 6.24. The monoisotopic (exact) mass is 282 g/mol. The van der Waals surface area contributed by atoms with E-state index in [0.717, 1.165) is 0 Å². The van der Waals surface area contributed by atoms with E-state index in [1.54, 1.807) is 30.3 Å². The summed E-state index contributed by atoms with van der Waals surface area (Å²) in [5.41, 5.74) is 0.393. The van der Waals surface area contributed by atoms with Crippen molar-refractivity contribution in [3.05, 3.63) is 24.0 Å². The molecule has 0 fully saturated rings. The van der Waals surface area contributed by atoms with Gasteiger partial charge in [0.25, 0.3) is 5.91 Å². The Balaban J connectivity index is 2.87. The van der Waals surface area contributed by atoms with E-state index in [2.05, 4.69) is 0 Å². The van der Waals surface area contributed by atoms with Crippen molar-refractivity contribution in [1.29, 1.82) is 0 Å². The smallest absolute Gasteiger partial charge is 0.323 e. The molecule has 0 aliphatic rings. The molecule has 0 atom stereocenters. The van der Waals surface area contributed by atoms with E-state index in [4.69, 9.17) is 9.84 Å². The predicted octanol–water partition coefficient (Wildman–Crippen LogP) is 1.32. The summed E-state index contributed by atoms with van der Waals surface area (Å²) in [6.45, 7) is 5.41. The molecule has 1 N–H and O–H groups in total. The van der Waals surface area contributed by atoms with Crippen LogP contribution in [0.4, 0.5) is 0 Å². The molecule has 0 radical (unpaired) electrons. The fourth-order valence-electron chi connectivity index (χ4n) is 1.97. The highest BCUT2D eigenvalue weighted by Crippen LogP contribution is 2.09. The summed E-state index contributed by atoms with van der Waals surface area (Å²) in [6, 6.07) is 3.32. The zero-order valence-electron chi connectivity index (χ0n) is 12.2. The van der Waals surface area contributed by atoms with Crippen molar-refractivity contribution in [2.24, 2.45) is 5.92 Å². The largest absolute Gasteiger partial charge is 0.480 e. The minimum atomic E-state index is -0.970. The first kappa shape index (κ1) is 16.2. The van der Waals surface area contributed by atoms with Crippen LogP contribution < -0.4 is 0 Å². The molecule has 1 aromatic rings. The second-order valence-electron chi connectivity index (χ2n) is 5.05. The lowest BCUT2D eigenvalue weighted by atomic mass is 10.2. The van der Waals surface area contributed by atoms with Crippen molar-refractivity contribution in [2.45, 2.75) is 20.4 Å². The van der Waals surface area contributed by atoms with Gasteiger partial charge in [0.05, 0.1) is 6.61 Å². The molecule has 1 rings (SSSR count). The third-order valence-corrected chi connectivity index (χ3v) is 2.79. The average molecular weight is 282 g/mol. The van der Waals surface area contributed by atoms with E-state index in [1.165, 1.54) is 4.57 Å². The van der Waals surface area contributed by atoms with E-state index in [1.807, 2.05) is 13.8 Å². The number of carbonyl (C=O) groups is 2.